The summed E-state index contributed by atoms with van der Waals surface area (Å²) in [5.74, 6) is -0.902. The highest BCUT2D eigenvalue weighted by Crippen LogP contribution is 2.47. The maximum absolute atomic E-state index is 13.3. The number of alkyl carbamates (subject to hydrolysis) is 1. The van der Waals surface area contributed by atoms with E-state index in [9.17, 15) is 14.4 Å². The smallest absolute Gasteiger partial charge is 0.408 e. The number of halogens is 1. The standard InChI is InChI=1S/C22H30ClNO5/c1-20(2,3)28-18(26)22(12-8-11-16(22)25)17(14-9-7-10-15(23)13-14)24-19(27)29-21(4,5)6/h7,9-10,13,17H,8,11-12H2,1-6H3,(H,24,27)/t17-,22-/m1/s1. The van der Waals surface area contributed by atoms with Crippen LogP contribution >= 0.6 is 11.6 Å². The van der Waals surface area contributed by atoms with Gasteiger partial charge in [0.15, 0.2) is 11.2 Å². The third-order valence-corrected chi connectivity index (χ3v) is 4.81. The van der Waals surface area contributed by atoms with Gasteiger partial charge in [-0.3, -0.25) is 9.59 Å². The van der Waals surface area contributed by atoms with E-state index in [0.717, 1.165) is 0 Å². The van der Waals surface area contributed by atoms with E-state index in [2.05, 4.69) is 5.32 Å². The van der Waals surface area contributed by atoms with Gasteiger partial charge in [0.1, 0.15) is 11.2 Å². The van der Waals surface area contributed by atoms with Crippen LogP contribution in [-0.2, 0) is 19.1 Å². The minimum absolute atomic E-state index is 0.242. The quantitative estimate of drug-likeness (QED) is 0.545. The van der Waals surface area contributed by atoms with E-state index in [1.54, 1.807) is 65.8 Å². The van der Waals surface area contributed by atoms with Crippen molar-refractivity contribution in [3.8, 4) is 0 Å². The molecule has 160 valence electrons. The average molecular weight is 424 g/mol. The molecule has 1 aromatic rings. The van der Waals surface area contributed by atoms with Crippen LogP contribution in [0.5, 0.6) is 0 Å². The van der Waals surface area contributed by atoms with Gasteiger partial charge in [-0.25, -0.2) is 4.79 Å². The minimum Gasteiger partial charge on any atom is -0.459 e. The first kappa shape index (κ1) is 23.2. The lowest BCUT2D eigenvalue weighted by atomic mass is 9.74. The van der Waals surface area contributed by atoms with E-state index in [1.807, 2.05) is 0 Å². The van der Waals surface area contributed by atoms with Crippen LogP contribution in [0.3, 0.4) is 0 Å². The molecule has 1 saturated carbocycles. The number of benzene rings is 1. The molecular formula is C22H30ClNO5. The van der Waals surface area contributed by atoms with Gasteiger partial charge < -0.3 is 14.8 Å². The van der Waals surface area contributed by atoms with Crippen molar-refractivity contribution in [1.29, 1.82) is 0 Å². The number of amides is 1. The second-order valence-corrected chi connectivity index (χ2v) is 9.82. The highest BCUT2D eigenvalue weighted by atomic mass is 35.5. The van der Waals surface area contributed by atoms with Gasteiger partial charge >= 0.3 is 12.1 Å². The summed E-state index contributed by atoms with van der Waals surface area (Å²) in [6, 6.07) is 5.81. The summed E-state index contributed by atoms with van der Waals surface area (Å²) in [6.45, 7) is 10.5. The Bertz CT molecular complexity index is 793. The summed E-state index contributed by atoms with van der Waals surface area (Å²) < 4.78 is 11.0. The number of nitrogens with one attached hydrogen (secondary N) is 1. The molecule has 1 aliphatic carbocycles. The van der Waals surface area contributed by atoms with Crippen molar-refractivity contribution in [3.63, 3.8) is 0 Å². The molecule has 0 aliphatic heterocycles. The Hall–Kier alpha value is -2.08. The van der Waals surface area contributed by atoms with Gasteiger partial charge in [-0.05, 0) is 72.1 Å². The number of hydrogen-bond donors (Lipinski definition) is 1. The molecule has 7 heteroatoms. The van der Waals surface area contributed by atoms with E-state index in [-0.39, 0.29) is 18.6 Å². The van der Waals surface area contributed by atoms with Crippen molar-refractivity contribution >= 4 is 29.4 Å². The molecule has 6 nitrogen and oxygen atoms in total. The number of hydrogen-bond acceptors (Lipinski definition) is 5. The van der Waals surface area contributed by atoms with Crippen LogP contribution in [-0.4, -0.2) is 29.0 Å². The number of carbonyl (C=O) groups is 3. The Morgan fingerprint density at radius 2 is 1.72 bits per heavy atom. The fraction of sp³-hybridized carbons (Fsp3) is 0.591. The molecule has 0 heterocycles. The first-order chi connectivity index (χ1) is 13.2. The van der Waals surface area contributed by atoms with Crippen LogP contribution in [0, 0.1) is 5.41 Å². The fourth-order valence-corrected chi connectivity index (χ4v) is 3.70. The molecule has 0 unspecified atom stereocenters. The zero-order valence-corrected chi connectivity index (χ0v) is 18.7. The van der Waals surface area contributed by atoms with Gasteiger partial charge in [0.2, 0.25) is 0 Å². The Morgan fingerprint density at radius 3 is 2.21 bits per heavy atom. The van der Waals surface area contributed by atoms with Crippen LogP contribution in [0.2, 0.25) is 5.02 Å². The zero-order chi connectivity index (χ0) is 22.0. The predicted molar refractivity (Wildman–Crippen MR) is 111 cm³/mol. The molecule has 0 saturated heterocycles. The molecular weight excluding hydrogens is 394 g/mol. The summed E-state index contributed by atoms with van der Waals surface area (Å²) in [6.07, 6.45) is 0.329. The lowest BCUT2D eigenvalue weighted by Crippen LogP contribution is -2.51. The summed E-state index contributed by atoms with van der Waals surface area (Å²) >= 11 is 6.16. The summed E-state index contributed by atoms with van der Waals surface area (Å²) in [4.78, 5) is 39.0. The number of ether oxygens (including phenoxy) is 2. The summed E-state index contributed by atoms with van der Waals surface area (Å²) in [5, 5.41) is 3.19. The van der Waals surface area contributed by atoms with Gasteiger partial charge in [0, 0.05) is 11.4 Å². The van der Waals surface area contributed by atoms with Gasteiger partial charge in [-0.2, -0.15) is 0 Å². The monoisotopic (exact) mass is 423 g/mol. The molecule has 1 amide bonds. The van der Waals surface area contributed by atoms with Crippen LogP contribution in [0.25, 0.3) is 0 Å². The average Bonchev–Trinajstić information content (AvgIpc) is 2.92. The molecule has 0 spiro atoms. The molecule has 1 aliphatic rings. The highest BCUT2D eigenvalue weighted by Gasteiger charge is 2.57. The third-order valence-electron chi connectivity index (χ3n) is 4.57. The minimum atomic E-state index is -1.53. The molecule has 2 rings (SSSR count). The predicted octanol–water partition coefficient (Wildman–Crippen LogP) is 4.99. The van der Waals surface area contributed by atoms with Gasteiger partial charge in [0.25, 0.3) is 0 Å². The van der Waals surface area contributed by atoms with Crippen molar-refractivity contribution in [2.24, 2.45) is 5.41 Å². The molecule has 0 aromatic heterocycles. The molecule has 1 fully saturated rings. The Kier molecular flexibility index (Phi) is 6.68. The van der Waals surface area contributed by atoms with Crippen molar-refractivity contribution < 1.29 is 23.9 Å². The van der Waals surface area contributed by atoms with Crippen molar-refractivity contribution in [1.82, 2.24) is 5.32 Å². The van der Waals surface area contributed by atoms with E-state index < -0.39 is 34.7 Å². The number of ketones is 1. The molecule has 1 N–H and O–H groups in total. The molecule has 2 atom stereocenters. The van der Waals surface area contributed by atoms with Crippen molar-refractivity contribution in [2.75, 3.05) is 0 Å². The van der Waals surface area contributed by atoms with E-state index >= 15 is 0 Å². The number of carbonyl (C=O) groups excluding carboxylic acids is 3. The van der Waals surface area contributed by atoms with Crippen molar-refractivity contribution in [2.45, 2.75) is 78.0 Å². The van der Waals surface area contributed by atoms with Gasteiger partial charge in [-0.1, -0.05) is 23.7 Å². The van der Waals surface area contributed by atoms with Crippen molar-refractivity contribution in [3.05, 3.63) is 34.9 Å². The van der Waals surface area contributed by atoms with E-state index in [1.165, 1.54) is 0 Å². The summed E-state index contributed by atoms with van der Waals surface area (Å²) in [7, 11) is 0. The highest BCUT2D eigenvalue weighted by molar-refractivity contribution is 6.30. The van der Waals surface area contributed by atoms with E-state index in [0.29, 0.717) is 17.0 Å². The second-order valence-electron chi connectivity index (χ2n) is 9.38. The van der Waals surface area contributed by atoms with E-state index in [4.69, 9.17) is 21.1 Å². The zero-order valence-electron chi connectivity index (χ0n) is 17.9. The molecule has 0 radical (unpaired) electrons. The first-order valence-electron chi connectivity index (χ1n) is 9.76. The fourth-order valence-electron chi connectivity index (χ4n) is 3.50. The Labute approximate surface area is 177 Å². The molecule has 1 aromatic carbocycles. The Morgan fingerprint density at radius 1 is 1.10 bits per heavy atom. The van der Waals surface area contributed by atoms with Crippen LogP contribution in [0.4, 0.5) is 4.79 Å². The largest absolute Gasteiger partial charge is 0.459 e. The number of rotatable bonds is 4. The number of esters is 1. The second kappa shape index (κ2) is 8.34. The normalized spacial score (nSPS) is 20.9. The molecule has 0 bridgehead atoms. The number of Topliss-reactive ketones (excluding diaryl/α,β-unsaturated/α-hetero) is 1. The maximum atomic E-state index is 13.3. The maximum Gasteiger partial charge on any atom is 0.408 e. The lowest BCUT2D eigenvalue weighted by molar-refractivity contribution is -0.171. The SMILES string of the molecule is CC(C)(C)OC(=O)N[C@H](c1cccc(Cl)c1)[C@@]1(C(=O)OC(C)(C)C)CCCC1=O. The summed E-state index contributed by atoms with van der Waals surface area (Å²) in [5.41, 5.74) is -2.50. The first-order valence-corrected chi connectivity index (χ1v) is 10.1. The van der Waals surface area contributed by atoms with Crippen LogP contribution in [0.1, 0.15) is 72.4 Å². The van der Waals surface area contributed by atoms with Gasteiger partial charge in [0.05, 0.1) is 6.04 Å². The molecule has 29 heavy (non-hydrogen) atoms. The van der Waals surface area contributed by atoms with Crippen LogP contribution in [0.15, 0.2) is 24.3 Å². The third kappa shape index (κ3) is 5.72. The van der Waals surface area contributed by atoms with Gasteiger partial charge in [-0.15, -0.1) is 0 Å². The Balaban J connectivity index is 2.54. The van der Waals surface area contributed by atoms with Crippen LogP contribution < -0.4 is 5.32 Å². The topological polar surface area (TPSA) is 81.7 Å². The lowest BCUT2D eigenvalue weighted by Gasteiger charge is -2.37.